The topological polar surface area (TPSA) is 77.2 Å². The third-order valence-electron chi connectivity index (χ3n) is 3.54. The summed E-state index contributed by atoms with van der Waals surface area (Å²) in [6.45, 7) is 4.16. The molecule has 0 bridgehead atoms. The van der Waals surface area contributed by atoms with Crippen LogP contribution in [0, 0.1) is 13.8 Å². The van der Waals surface area contributed by atoms with Gasteiger partial charge in [0, 0.05) is 5.02 Å². The molecule has 0 radical (unpaired) electrons. The Kier molecular flexibility index (Phi) is 6.83. The van der Waals surface area contributed by atoms with Gasteiger partial charge < -0.3 is 14.5 Å². The monoisotopic (exact) mass is 437 g/mol. The van der Waals surface area contributed by atoms with Crippen LogP contribution in [-0.4, -0.2) is 21.9 Å². The van der Waals surface area contributed by atoms with Gasteiger partial charge in [0.1, 0.15) is 5.75 Å². The number of benzene rings is 2. The number of nitrogens with one attached hydrogen (secondary N) is 1. The van der Waals surface area contributed by atoms with Crippen molar-refractivity contribution in [3.63, 3.8) is 0 Å². The van der Waals surface area contributed by atoms with Gasteiger partial charge in [-0.05, 0) is 55.3 Å². The molecule has 2 aromatic carbocycles. The second-order valence-electron chi connectivity index (χ2n) is 6.03. The number of nitrogens with zero attached hydrogens (tertiary/aromatic N) is 2. The van der Waals surface area contributed by atoms with E-state index >= 15 is 0 Å². The molecule has 9 heteroatoms. The maximum atomic E-state index is 12.1. The Balaban J connectivity index is 1.50. The molecule has 0 saturated carbocycles. The minimum Gasteiger partial charge on any atom is -0.484 e. The van der Waals surface area contributed by atoms with Crippen molar-refractivity contribution >= 4 is 46.6 Å². The van der Waals surface area contributed by atoms with Crippen LogP contribution in [0.5, 0.6) is 5.75 Å². The van der Waals surface area contributed by atoms with Crippen molar-refractivity contribution in [2.45, 2.75) is 25.7 Å². The van der Waals surface area contributed by atoms with Gasteiger partial charge in [0.25, 0.3) is 11.1 Å². The third kappa shape index (κ3) is 5.89. The average molecular weight is 438 g/mol. The molecular formula is C19H17Cl2N3O3S. The van der Waals surface area contributed by atoms with Crippen LogP contribution in [0.15, 0.2) is 46.0 Å². The lowest BCUT2D eigenvalue weighted by molar-refractivity contribution is -0.113. The summed E-state index contributed by atoms with van der Waals surface area (Å²) in [7, 11) is 0. The Morgan fingerprint density at radius 2 is 1.89 bits per heavy atom. The number of rotatable bonds is 7. The van der Waals surface area contributed by atoms with Crippen molar-refractivity contribution in [3.05, 3.63) is 63.5 Å². The number of carbonyl (C=O) groups excluding carboxylic acids is 1. The second kappa shape index (κ2) is 9.32. The number of halogens is 2. The Bertz CT molecular complexity index is 974. The number of hydrogen-bond donors (Lipinski definition) is 1. The molecule has 0 spiro atoms. The summed E-state index contributed by atoms with van der Waals surface area (Å²) in [6, 6.07) is 10.8. The zero-order valence-electron chi connectivity index (χ0n) is 15.2. The van der Waals surface area contributed by atoms with E-state index < -0.39 is 0 Å². The molecule has 0 atom stereocenters. The molecule has 0 fully saturated rings. The molecule has 3 aromatic rings. The van der Waals surface area contributed by atoms with Gasteiger partial charge >= 0.3 is 0 Å². The smallest absolute Gasteiger partial charge is 0.277 e. The highest BCUT2D eigenvalue weighted by atomic mass is 35.5. The molecule has 1 amide bonds. The molecule has 6 nitrogen and oxygen atoms in total. The molecule has 0 saturated heterocycles. The molecule has 1 aromatic heterocycles. The van der Waals surface area contributed by atoms with Crippen LogP contribution in [0.4, 0.5) is 5.69 Å². The zero-order chi connectivity index (χ0) is 20.1. The summed E-state index contributed by atoms with van der Waals surface area (Å²) in [6.07, 6.45) is 0. The molecule has 0 aliphatic rings. The largest absolute Gasteiger partial charge is 0.484 e. The van der Waals surface area contributed by atoms with Crippen molar-refractivity contribution in [1.82, 2.24) is 10.2 Å². The van der Waals surface area contributed by atoms with Crippen molar-refractivity contribution in [2.75, 3.05) is 11.1 Å². The van der Waals surface area contributed by atoms with Crippen molar-refractivity contribution in [1.29, 1.82) is 0 Å². The summed E-state index contributed by atoms with van der Waals surface area (Å²) in [5.74, 6) is 0.894. The van der Waals surface area contributed by atoms with E-state index in [1.807, 2.05) is 26.0 Å². The van der Waals surface area contributed by atoms with Crippen LogP contribution in [0.1, 0.15) is 17.0 Å². The Labute approximate surface area is 176 Å². The number of amides is 1. The van der Waals surface area contributed by atoms with Crippen LogP contribution in [0.25, 0.3) is 0 Å². The molecule has 3 rings (SSSR count). The molecule has 0 aliphatic carbocycles. The van der Waals surface area contributed by atoms with Crippen LogP contribution < -0.4 is 10.1 Å². The summed E-state index contributed by atoms with van der Waals surface area (Å²) < 4.78 is 11.2. The normalized spacial score (nSPS) is 10.7. The Morgan fingerprint density at radius 1 is 1.14 bits per heavy atom. The highest BCUT2D eigenvalue weighted by molar-refractivity contribution is 7.99. The lowest BCUT2D eigenvalue weighted by Crippen LogP contribution is -2.14. The summed E-state index contributed by atoms with van der Waals surface area (Å²) >= 11 is 13.1. The second-order valence-corrected chi connectivity index (χ2v) is 7.81. The minimum absolute atomic E-state index is 0.0857. The fraction of sp³-hybridized carbons (Fsp3) is 0.211. The molecule has 1 N–H and O–H groups in total. The van der Waals surface area contributed by atoms with Crippen LogP contribution in [-0.2, 0) is 11.4 Å². The maximum Gasteiger partial charge on any atom is 0.277 e. The summed E-state index contributed by atoms with van der Waals surface area (Å²) in [4.78, 5) is 12.1. The quantitative estimate of drug-likeness (QED) is 0.505. The van der Waals surface area contributed by atoms with E-state index in [-0.39, 0.29) is 23.5 Å². The standard InChI is InChI=1S/C19H17Cl2N3O3S/c1-11-5-12(2)7-14(6-11)26-9-18-23-24-19(27-18)28-10-17(25)22-16-8-13(20)3-4-15(16)21/h3-8H,9-10H2,1-2H3,(H,22,25). The Hall–Kier alpha value is -2.22. The van der Waals surface area contributed by atoms with E-state index in [0.717, 1.165) is 28.6 Å². The van der Waals surface area contributed by atoms with Crippen LogP contribution in [0.3, 0.4) is 0 Å². The van der Waals surface area contributed by atoms with E-state index in [4.69, 9.17) is 32.4 Å². The molecule has 28 heavy (non-hydrogen) atoms. The fourth-order valence-electron chi connectivity index (χ4n) is 2.42. The van der Waals surface area contributed by atoms with Crippen LogP contribution >= 0.6 is 35.0 Å². The van der Waals surface area contributed by atoms with Crippen molar-refractivity contribution in [2.24, 2.45) is 0 Å². The first-order chi connectivity index (χ1) is 13.4. The first-order valence-corrected chi connectivity index (χ1v) is 10.0. The van der Waals surface area contributed by atoms with E-state index in [2.05, 4.69) is 21.6 Å². The van der Waals surface area contributed by atoms with Gasteiger partial charge in [-0.3, -0.25) is 4.79 Å². The molecular weight excluding hydrogens is 421 g/mol. The van der Waals surface area contributed by atoms with Gasteiger partial charge in [-0.2, -0.15) is 0 Å². The highest BCUT2D eigenvalue weighted by Gasteiger charge is 2.12. The minimum atomic E-state index is -0.264. The van der Waals surface area contributed by atoms with Gasteiger partial charge in [-0.1, -0.05) is 41.0 Å². The number of carbonyl (C=O) groups is 1. The van der Waals surface area contributed by atoms with Gasteiger partial charge in [0.2, 0.25) is 5.91 Å². The highest BCUT2D eigenvalue weighted by Crippen LogP contribution is 2.26. The van der Waals surface area contributed by atoms with Gasteiger partial charge in [-0.25, -0.2) is 0 Å². The lowest BCUT2D eigenvalue weighted by Gasteiger charge is -2.06. The first-order valence-electron chi connectivity index (χ1n) is 8.30. The predicted molar refractivity (Wildman–Crippen MR) is 110 cm³/mol. The van der Waals surface area contributed by atoms with E-state index in [0.29, 0.717) is 21.6 Å². The van der Waals surface area contributed by atoms with Crippen LogP contribution in [0.2, 0.25) is 10.0 Å². The van der Waals surface area contributed by atoms with Gasteiger partial charge in [0.05, 0.1) is 16.5 Å². The van der Waals surface area contributed by atoms with E-state index in [9.17, 15) is 4.79 Å². The predicted octanol–water partition coefficient (Wildman–Crippen LogP) is 5.30. The summed E-state index contributed by atoms with van der Waals surface area (Å²) in [5.41, 5.74) is 2.68. The maximum absolute atomic E-state index is 12.1. The van der Waals surface area contributed by atoms with Crippen molar-refractivity contribution < 1.29 is 13.9 Å². The van der Waals surface area contributed by atoms with Gasteiger partial charge in [-0.15, -0.1) is 10.2 Å². The number of aromatic nitrogens is 2. The zero-order valence-corrected chi connectivity index (χ0v) is 17.5. The summed E-state index contributed by atoms with van der Waals surface area (Å²) in [5, 5.41) is 11.7. The lowest BCUT2D eigenvalue weighted by atomic mass is 10.1. The van der Waals surface area contributed by atoms with Gasteiger partial charge in [0.15, 0.2) is 6.61 Å². The number of aryl methyl sites for hydroxylation is 2. The number of thioether (sulfide) groups is 1. The Morgan fingerprint density at radius 3 is 2.64 bits per heavy atom. The third-order valence-corrected chi connectivity index (χ3v) is 4.92. The van der Waals surface area contributed by atoms with E-state index in [1.165, 1.54) is 0 Å². The van der Waals surface area contributed by atoms with E-state index in [1.54, 1.807) is 18.2 Å². The molecule has 0 unspecified atom stereocenters. The molecule has 0 aliphatic heterocycles. The molecule has 1 heterocycles. The van der Waals surface area contributed by atoms with Crippen molar-refractivity contribution in [3.8, 4) is 5.75 Å². The number of anilines is 1. The average Bonchev–Trinajstić information content (AvgIpc) is 3.08. The first kappa shape index (κ1) is 20.5. The number of ether oxygens (including phenoxy) is 1. The molecule has 146 valence electrons. The number of hydrogen-bond acceptors (Lipinski definition) is 6. The fourth-order valence-corrected chi connectivity index (χ4v) is 3.34. The SMILES string of the molecule is Cc1cc(C)cc(OCc2nnc(SCC(=O)Nc3cc(Cl)ccc3Cl)o2)c1.